The molecule has 128 valence electrons. The zero-order chi connectivity index (χ0) is 17.0. The molecule has 0 saturated carbocycles. The Labute approximate surface area is 142 Å². The topological polar surface area (TPSA) is 61.8 Å². The fraction of sp³-hybridized carbons (Fsp3) is 0.588. The predicted octanol–water partition coefficient (Wildman–Crippen LogP) is 3.39. The Morgan fingerprint density at radius 1 is 1.48 bits per heavy atom. The summed E-state index contributed by atoms with van der Waals surface area (Å²) in [7, 11) is 0. The van der Waals surface area contributed by atoms with Crippen LogP contribution in [-0.4, -0.2) is 41.3 Å². The molecule has 0 spiro atoms. The van der Waals surface area contributed by atoms with E-state index in [1.165, 1.54) is 0 Å². The SMILES string of the molecule is CC(C)(C)OC(=O)N1CCC(CNCc2ccc(O)c(Cl)c2)C1. The Balaban J connectivity index is 1.73. The minimum absolute atomic E-state index is 0.0965. The molecule has 2 N–H and O–H groups in total. The molecule has 1 atom stereocenters. The normalized spacial score (nSPS) is 18.3. The van der Waals surface area contributed by atoms with Crippen molar-refractivity contribution in [3.63, 3.8) is 0 Å². The molecule has 6 heteroatoms. The molecule has 1 aliphatic rings. The van der Waals surface area contributed by atoms with Gasteiger partial charge in [-0.05, 0) is 50.8 Å². The molecule has 23 heavy (non-hydrogen) atoms. The van der Waals surface area contributed by atoms with Gasteiger partial charge in [0.2, 0.25) is 0 Å². The summed E-state index contributed by atoms with van der Waals surface area (Å²) in [5.74, 6) is 0.523. The lowest BCUT2D eigenvalue weighted by Gasteiger charge is -2.24. The van der Waals surface area contributed by atoms with Crippen molar-refractivity contribution in [1.82, 2.24) is 10.2 Å². The van der Waals surface area contributed by atoms with E-state index in [1.54, 1.807) is 17.0 Å². The zero-order valence-corrected chi connectivity index (χ0v) is 14.7. The third kappa shape index (κ3) is 5.59. The quantitative estimate of drug-likeness (QED) is 0.882. The average Bonchev–Trinajstić information content (AvgIpc) is 2.90. The Hall–Kier alpha value is -1.46. The lowest BCUT2D eigenvalue weighted by Crippen LogP contribution is -2.36. The third-order valence-corrected chi connectivity index (χ3v) is 4.01. The smallest absolute Gasteiger partial charge is 0.410 e. The van der Waals surface area contributed by atoms with E-state index in [0.29, 0.717) is 17.5 Å². The maximum absolute atomic E-state index is 12.0. The number of hydrogen-bond donors (Lipinski definition) is 2. The van der Waals surface area contributed by atoms with Crippen LogP contribution in [0.1, 0.15) is 32.8 Å². The van der Waals surface area contributed by atoms with E-state index in [4.69, 9.17) is 16.3 Å². The fourth-order valence-electron chi connectivity index (χ4n) is 2.57. The van der Waals surface area contributed by atoms with Gasteiger partial charge in [-0.1, -0.05) is 17.7 Å². The molecule has 0 aromatic heterocycles. The summed E-state index contributed by atoms with van der Waals surface area (Å²) >= 11 is 5.89. The number of carbonyl (C=O) groups is 1. The van der Waals surface area contributed by atoms with Crippen LogP contribution in [0.4, 0.5) is 4.79 Å². The molecule has 1 heterocycles. The number of phenols is 1. The van der Waals surface area contributed by atoms with Gasteiger partial charge in [0.15, 0.2) is 0 Å². The minimum atomic E-state index is -0.453. The van der Waals surface area contributed by atoms with Crippen molar-refractivity contribution in [3.8, 4) is 5.75 Å². The molecule has 2 rings (SSSR count). The van der Waals surface area contributed by atoms with Gasteiger partial charge in [-0.3, -0.25) is 0 Å². The molecule has 1 aromatic carbocycles. The van der Waals surface area contributed by atoms with Gasteiger partial charge in [0.1, 0.15) is 11.4 Å². The van der Waals surface area contributed by atoms with Crippen LogP contribution in [0.5, 0.6) is 5.75 Å². The number of carbonyl (C=O) groups excluding carboxylic acids is 1. The van der Waals surface area contributed by atoms with Gasteiger partial charge >= 0.3 is 6.09 Å². The first-order chi connectivity index (χ1) is 10.7. The number of aromatic hydroxyl groups is 1. The van der Waals surface area contributed by atoms with Crippen LogP contribution >= 0.6 is 11.6 Å². The summed E-state index contributed by atoms with van der Waals surface area (Å²) in [6.07, 6.45) is 0.744. The first-order valence-corrected chi connectivity index (χ1v) is 8.28. The number of nitrogens with zero attached hydrogens (tertiary/aromatic N) is 1. The molecule has 1 saturated heterocycles. The highest BCUT2D eigenvalue weighted by Gasteiger charge is 2.29. The second-order valence-corrected chi connectivity index (χ2v) is 7.40. The Morgan fingerprint density at radius 2 is 2.22 bits per heavy atom. The number of nitrogens with one attached hydrogen (secondary N) is 1. The lowest BCUT2D eigenvalue weighted by molar-refractivity contribution is 0.0288. The van der Waals surface area contributed by atoms with Crippen molar-refractivity contribution in [2.45, 2.75) is 39.3 Å². The molecule has 0 bridgehead atoms. The van der Waals surface area contributed by atoms with Gasteiger partial charge in [0.25, 0.3) is 0 Å². The van der Waals surface area contributed by atoms with E-state index < -0.39 is 5.60 Å². The minimum Gasteiger partial charge on any atom is -0.506 e. The molecule has 5 nitrogen and oxygen atoms in total. The van der Waals surface area contributed by atoms with E-state index in [9.17, 15) is 9.90 Å². The number of rotatable bonds is 4. The number of ether oxygens (including phenoxy) is 1. The highest BCUT2D eigenvalue weighted by Crippen LogP contribution is 2.24. The molecule has 1 aromatic rings. The van der Waals surface area contributed by atoms with Gasteiger partial charge in [-0.25, -0.2) is 4.79 Å². The maximum atomic E-state index is 12.0. The van der Waals surface area contributed by atoms with Gasteiger partial charge < -0.3 is 20.1 Å². The second kappa shape index (κ2) is 7.41. The van der Waals surface area contributed by atoms with Crippen LogP contribution in [0.15, 0.2) is 18.2 Å². The molecule has 0 radical (unpaired) electrons. The van der Waals surface area contributed by atoms with E-state index in [1.807, 2.05) is 26.8 Å². The molecular formula is C17H25ClN2O3. The van der Waals surface area contributed by atoms with Crippen molar-refractivity contribution in [2.24, 2.45) is 5.92 Å². The van der Waals surface area contributed by atoms with Gasteiger partial charge in [0.05, 0.1) is 5.02 Å². The predicted molar refractivity (Wildman–Crippen MR) is 90.7 cm³/mol. The van der Waals surface area contributed by atoms with Crippen molar-refractivity contribution in [3.05, 3.63) is 28.8 Å². The van der Waals surface area contributed by atoms with E-state index in [0.717, 1.165) is 31.6 Å². The molecule has 1 unspecified atom stereocenters. The summed E-state index contributed by atoms with van der Waals surface area (Å²) in [6.45, 7) is 8.61. The fourth-order valence-corrected chi connectivity index (χ4v) is 2.78. The number of amides is 1. The molecule has 1 aliphatic heterocycles. The Morgan fingerprint density at radius 3 is 2.87 bits per heavy atom. The van der Waals surface area contributed by atoms with Crippen LogP contribution in [0.2, 0.25) is 5.02 Å². The highest BCUT2D eigenvalue weighted by molar-refractivity contribution is 6.32. The zero-order valence-electron chi connectivity index (χ0n) is 13.9. The van der Waals surface area contributed by atoms with E-state index in [2.05, 4.69) is 5.32 Å². The first kappa shape index (κ1) is 17.9. The number of likely N-dealkylation sites (tertiary alicyclic amines) is 1. The average molecular weight is 341 g/mol. The number of benzene rings is 1. The van der Waals surface area contributed by atoms with Crippen molar-refractivity contribution in [1.29, 1.82) is 0 Å². The number of halogens is 1. The van der Waals surface area contributed by atoms with Crippen LogP contribution in [-0.2, 0) is 11.3 Å². The molecular weight excluding hydrogens is 316 g/mol. The molecule has 0 aliphatic carbocycles. The van der Waals surface area contributed by atoms with Gasteiger partial charge in [0, 0.05) is 26.2 Å². The summed E-state index contributed by atoms with van der Waals surface area (Å²) in [6, 6.07) is 5.19. The Kier molecular flexibility index (Phi) is 5.76. The summed E-state index contributed by atoms with van der Waals surface area (Å²) in [4.78, 5) is 13.8. The third-order valence-electron chi connectivity index (χ3n) is 3.71. The number of phenolic OH excluding ortho intramolecular Hbond substituents is 1. The van der Waals surface area contributed by atoms with Crippen molar-refractivity contribution >= 4 is 17.7 Å². The van der Waals surface area contributed by atoms with Crippen LogP contribution in [0.25, 0.3) is 0 Å². The van der Waals surface area contributed by atoms with Gasteiger partial charge in [-0.15, -0.1) is 0 Å². The van der Waals surface area contributed by atoms with Crippen LogP contribution < -0.4 is 5.32 Å². The highest BCUT2D eigenvalue weighted by atomic mass is 35.5. The maximum Gasteiger partial charge on any atom is 0.410 e. The van der Waals surface area contributed by atoms with E-state index in [-0.39, 0.29) is 11.8 Å². The first-order valence-electron chi connectivity index (χ1n) is 7.90. The Bertz CT molecular complexity index is 557. The largest absolute Gasteiger partial charge is 0.506 e. The van der Waals surface area contributed by atoms with Crippen molar-refractivity contribution < 1.29 is 14.6 Å². The van der Waals surface area contributed by atoms with Crippen LogP contribution in [0, 0.1) is 5.92 Å². The van der Waals surface area contributed by atoms with Gasteiger partial charge in [-0.2, -0.15) is 0 Å². The van der Waals surface area contributed by atoms with Crippen LogP contribution in [0.3, 0.4) is 0 Å². The lowest BCUT2D eigenvalue weighted by atomic mass is 10.1. The monoisotopic (exact) mass is 340 g/mol. The van der Waals surface area contributed by atoms with Crippen molar-refractivity contribution in [2.75, 3.05) is 19.6 Å². The molecule has 1 fully saturated rings. The molecule has 1 amide bonds. The summed E-state index contributed by atoms with van der Waals surface area (Å²) < 4.78 is 5.40. The summed E-state index contributed by atoms with van der Waals surface area (Å²) in [5.41, 5.74) is 0.570. The number of hydrogen-bond acceptors (Lipinski definition) is 4. The standard InChI is InChI=1S/C17H25ClN2O3/c1-17(2,3)23-16(22)20-7-6-13(11-20)10-19-9-12-4-5-15(21)14(18)8-12/h4-5,8,13,19,21H,6-7,9-11H2,1-3H3. The second-order valence-electron chi connectivity index (χ2n) is 7.00. The van der Waals surface area contributed by atoms with E-state index >= 15 is 0 Å². The summed E-state index contributed by atoms with van der Waals surface area (Å²) in [5, 5.41) is 13.1.